The predicted octanol–water partition coefficient (Wildman–Crippen LogP) is 5.75. The maximum absolute atomic E-state index is 13.7. The highest BCUT2D eigenvalue weighted by Gasteiger charge is 2.27. The van der Waals surface area contributed by atoms with Crippen LogP contribution in [0, 0.1) is 26.6 Å². The Morgan fingerprint density at radius 1 is 0.880 bits per heavy atom. The summed E-state index contributed by atoms with van der Waals surface area (Å²) in [5, 5.41) is 0. The second kappa shape index (κ2) is 6.07. The first-order valence-corrected chi connectivity index (χ1v) is 8.73. The van der Waals surface area contributed by atoms with Gasteiger partial charge in [0.25, 0.3) is 0 Å². The third-order valence-corrected chi connectivity index (χ3v) is 4.91. The van der Waals surface area contributed by atoms with Gasteiger partial charge in [0.2, 0.25) is 0 Å². The molecule has 4 rings (SSSR count). The van der Waals surface area contributed by atoms with E-state index in [1.807, 2.05) is 12.1 Å². The van der Waals surface area contributed by atoms with E-state index in [1.165, 1.54) is 22.8 Å². The van der Waals surface area contributed by atoms with Crippen molar-refractivity contribution in [3.8, 4) is 22.5 Å². The molecule has 0 bridgehead atoms. The molecule has 3 aromatic rings. The molecule has 2 nitrogen and oxygen atoms in total. The lowest BCUT2D eigenvalue weighted by atomic mass is 9.95. The van der Waals surface area contributed by atoms with Gasteiger partial charge in [-0.1, -0.05) is 17.7 Å². The van der Waals surface area contributed by atoms with Crippen LogP contribution < -0.4 is 0 Å². The molecule has 0 saturated heterocycles. The van der Waals surface area contributed by atoms with Gasteiger partial charge < -0.3 is 0 Å². The van der Waals surface area contributed by atoms with E-state index in [-0.39, 0.29) is 5.82 Å². The Morgan fingerprint density at radius 3 is 2.24 bits per heavy atom. The van der Waals surface area contributed by atoms with Crippen molar-refractivity contribution in [2.24, 2.45) is 0 Å². The second-order valence-electron chi connectivity index (χ2n) is 7.07. The zero-order chi connectivity index (χ0) is 17.6. The maximum Gasteiger partial charge on any atom is 0.123 e. The summed E-state index contributed by atoms with van der Waals surface area (Å²) in [5.74, 6) is 0.289. The maximum atomic E-state index is 13.7. The summed E-state index contributed by atoms with van der Waals surface area (Å²) < 4.78 is 13.7. The number of benzene rings is 2. The lowest BCUT2D eigenvalue weighted by Gasteiger charge is -2.13. The Bertz CT molecular complexity index is 935. The molecule has 0 unspecified atom stereocenters. The van der Waals surface area contributed by atoms with E-state index < -0.39 is 0 Å². The summed E-state index contributed by atoms with van der Waals surface area (Å²) in [4.78, 5) is 8.99. The fourth-order valence-corrected chi connectivity index (χ4v) is 3.72. The summed E-state index contributed by atoms with van der Waals surface area (Å²) in [5.41, 5.74) is 8.72. The highest BCUT2D eigenvalue weighted by atomic mass is 19.1. The highest BCUT2D eigenvalue weighted by Crippen LogP contribution is 2.44. The van der Waals surface area contributed by atoms with Gasteiger partial charge in [0, 0.05) is 11.1 Å². The van der Waals surface area contributed by atoms with E-state index in [2.05, 4.69) is 42.9 Å². The molecule has 0 radical (unpaired) electrons. The SMILES string of the molecule is Cc1cc(C)c(-c2cc(-c3ccc(F)cc3C3CC3)ncn2)c(C)c1. The molecular weight excluding hydrogens is 311 g/mol. The molecule has 1 aliphatic rings. The van der Waals surface area contributed by atoms with Crippen LogP contribution in [0.15, 0.2) is 42.7 Å². The topological polar surface area (TPSA) is 25.8 Å². The molecule has 0 aliphatic heterocycles. The Hall–Kier alpha value is -2.55. The average Bonchev–Trinajstić information content (AvgIpc) is 3.39. The minimum atomic E-state index is -0.176. The zero-order valence-electron chi connectivity index (χ0n) is 14.8. The number of halogens is 1. The van der Waals surface area contributed by atoms with Crippen molar-refractivity contribution >= 4 is 0 Å². The van der Waals surface area contributed by atoms with Crippen molar-refractivity contribution in [1.29, 1.82) is 0 Å². The fourth-order valence-electron chi connectivity index (χ4n) is 3.72. The molecule has 3 heteroatoms. The molecule has 1 saturated carbocycles. The zero-order valence-corrected chi connectivity index (χ0v) is 14.8. The van der Waals surface area contributed by atoms with E-state index in [0.717, 1.165) is 40.9 Å². The normalized spacial score (nSPS) is 13.9. The van der Waals surface area contributed by atoms with E-state index >= 15 is 0 Å². The Labute approximate surface area is 147 Å². The van der Waals surface area contributed by atoms with Crippen molar-refractivity contribution in [2.45, 2.75) is 39.5 Å². The third kappa shape index (κ3) is 3.07. The molecule has 126 valence electrons. The summed E-state index contributed by atoms with van der Waals surface area (Å²) >= 11 is 0. The molecule has 1 aliphatic carbocycles. The van der Waals surface area contributed by atoms with Crippen LogP contribution in [0.4, 0.5) is 4.39 Å². The first-order valence-electron chi connectivity index (χ1n) is 8.73. The van der Waals surface area contributed by atoms with Gasteiger partial charge in [0.1, 0.15) is 12.1 Å². The van der Waals surface area contributed by atoms with E-state index in [9.17, 15) is 4.39 Å². The molecule has 1 fully saturated rings. The summed E-state index contributed by atoms with van der Waals surface area (Å²) in [6.07, 6.45) is 3.87. The minimum Gasteiger partial charge on any atom is -0.236 e. The van der Waals surface area contributed by atoms with E-state index in [1.54, 1.807) is 12.4 Å². The number of nitrogens with zero attached hydrogens (tertiary/aromatic N) is 2. The van der Waals surface area contributed by atoms with Crippen molar-refractivity contribution < 1.29 is 4.39 Å². The van der Waals surface area contributed by atoms with Crippen LogP contribution in [-0.4, -0.2) is 9.97 Å². The third-order valence-electron chi connectivity index (χ3n) is 4.91. The quantitative estimate of drug-likeness (QED) is 0.610. The molecule has 0 atom stereocenters. The van der Waals surface area contributed by atoms with Crippen LogP contribution in [-0.2, 0) is 0 Å². The first kappa shape index (κ1) is 15.9. The van der Waals surface area contributed by atoms with Crippen molar-refractivity contribution in [2.75, 3.05) is 0 Å². The number of aryl methyl sites for hydroxylation is 3. The van der Waals surface area contributed by atoms with Gasteiger partial charge in [-0.15, -0.1) is 0 Å². The number of hydrogen-bond donors (Lipinski definition) is 0. The van der Waals surface area contributed by atoms with Gasteiger partial charge in [-0.2, -0.15) is 0 Å². The number of rotatable bonds is 3. The minimum absolute atomic E-state index is 0.176. The first-order chi connectivity index (χ1) is 12.0. The standard InChI is InChI=1S/C22H21FN2/c1-13-8-14(2)22(15(3)9-13)21-11-20(24-12-25-21)18-7-6-17(23)10-19(18)16-4-5-16/h6-12,16H,4-5H2,1-3H3. The van der Waals surface area contributed by atoms with Crippen LogP contribution >= 0.6 is 0 Å². The lowest BCUT2D eigenvalue weighted by molar-refractivity contribution is 0.625. The Kier molecular flexibility index (Phi) is 3.87. The summed E-state index contributed by atoms with van der Waals surface area (Å²) in [7, 11) is 0. The second-order valence-corrected chi connectivity index (χ2v) is 7.07. The van der Waals surface area contributed by atoms with Gasteiger partial charge in [-0.3, -0.25) is 0 Å². The number of hydrogen-bond acceptors (Lipinski definition) is 2. The van der Waals surface area contributed by atoms with Crippen LogP contribution in [0.5, 0.6) is 0 Å². The monoisotopic (exact) mass is 332 g/mol. The average molecular weight is 332 g/mol. The largest absolute Gasteiger partial charge is 0.236 e. The van der Waals surface area contributed by atoms with Gasteiger partial charge in [0.05, 0.1) is 11.4 Å². The smallest absolute Gasteiger partial charge is 0.123 e. The van der Waals surface area contributed by atoms with E-state index in [4.69, 9.17) is 0 Å². The van der Waals surface area contributed by atoms with Crippen LogP contribution in [0.2, 0.25) is 0 Å². The Balaban J connectivity index is 1.84. The van der Waals surface area contributed by atoms with Gasteiger partial charge >= 0.3 is 0 Å². The molecule has 1 heterocycles. The lowest BCUT2D eigenvalue weighted by Crippen LogP contribution is -1.96. The number of aromatic nitrogens is 2. The molecular formula is C22H21FN2. The predicted molar refractivity (Wildman–Crippen MR) is 99.0 cm³/mol. The molecule has 0 N–H and O–H groups in total. The van der Waals surface area contributed by atoms with Crippen LogP contribution in [0.25, 0.3) is 22.5 Å². The van der Waals surface area contributed by atoms with Gasteiger partial charge in [-0.25, -0.2) is 14.4 Å². The van der Waals surface area contributed by atoms with Crippen molar-refractivity contribution in [3.63, 3.8) is 0 Å². The summed E-state index contributed by atoms with van der Waals surface area (Å²) in [6, 6.07) is 11.4. The molecule has 0 amide bonds. The highest BCUT2D eigenvalue weighted by molar-refractivity contribution is 5.74. The summed E-state index contributed by atoms with van der Waals surface area (Å²) in [6.45, 7) is 6.34. The van der Waals surface area contributed by atoms with Gasteiger partial charge in [-0.05, 0) is 80.5 Å². The molecule has 2 aromatic carbocycles. The molecule has 25 heavy (non-hydrogen) atoms. The van der Waals surface area contributed by atoms with Gasteiger partial charge in [0.15, 0.2) is 0 Å². The fraction of sp³-hybridized carbons (Fsp3) is 0.273. The molecule has 1 aromatic heterocycles. The van der Waals surface area contributed by atoms with Crippen LogP contribution in [0.1, 0.15) is 41.0 Å². The van der Waals surface area contributed by atoms with Crippen LogP contribution in [0.3, 0.4) is 0 Å². The Morgan fingerprint density at radius 2 is 1.56 bits per heavy atom. The van der Waals surface area contributed by atoms with Crippen molar-refractivity contribution in [1.82, 2.24) is 9.97 Å². The van der Waals surface area contributed by atoms with Crippen molar-refractivity contribution in [3.05, 3.63) is 70.8 Å². The van der Waals surface area contributed by atoms with E-state index in [0.29, 0.717) is 5.92 Å². The molecule has 0 spiro atoms.